The molecule has 0 aliphatic rings. The number of carbonyl (C=O) groups is 1. The van der Waals surface area contributed by atoms with Crippen molar-refractivity contribution in [1.82, 2.24) is 9.78 Å². The van der Waals surface area contributed by atoms with Crippen LogP contribution in [0.1, 0.15) is 10.4 Å². The smallest absolute Gasteiger partial charge is 0.477 e. The van der Waals surface area contributed by atoms with Crippen molar-refractivity contribution in [3.63, 3.8) is 0 Å². The van der Waals surface area contributed by atoms with Gasteiger partial charge in [0, 0.05) is 12.3 Å². The molecule has 1 N–H and O–H groups in total. The SMILES string of the molecule is O=C(O)c1ccnn(-c2cccc(OC(F)(F)F)c2)c1=O. The lowest BCUT2D eigenvalue weighted by Crippen LogP contribution is -2.26. The van der Waals surface area contributed by atoms with Crippen molar-refractivity contribution < 1.29 is 27.8 Å². The zero-order chi connectivity index (χ0) is 15.6. The van der Waals surface area contributed by atoms with Crippen LogP contribution in [0, 0.1) is 0 Å². The molecule has 0 bridgehead atoms. The topological polar surface area (TPSA) is 81.4 Å². The quantitative estimate of drug-likeness (QED) is 0.935. The van der Waals surface area contributed by atoms with Gasteiger partial charge in [-0.15, -0.1) is 13.2 Å². The average molecular weight is 300 g/mol. The molecule has 1 aromatic heterocycles. The molecule has 0 atom stereocenters. The number of rotatable bonds is 3. The summed E-state index contributed by atoms with van der Waals surface area (Å²) in [5.41, 5.74) is -1.56. The molecule has 0 spiro atoms. The fourth-order valence-corrected chi connectivity index (χ4v) is 1.57. The minimum absolute atomic E-state index is 0.0511. The number of aromatic nitrogens is 2. The van der Waals surface area contributed by atoms with Crippen LogP contribution in [0.15, 0.2) is 41.3 Å². The van der Waals surface area contributed by atoms with E-state index >= 15 is 0 Å². The third-order valence-electron chi connectivity index (χ3n) is 2.37. The fraction of sp³-hybridized carbons (Fsp3) is 0.0833. The zero-order valence-corrected chi connectivity index (χ0v) is 10.2. The minimum Gasteiger partial charge on any atom is -0.477 e. The molecule has 0 saturated carbocycles. The Balaban J connectivity index is 2.48. The van der Waals surface area contributed by atoms with Crippen molar-refractivity contribution >= 4 is 5.97 Å². The van der Waals surface area contributed by atoms with Crippen LogP contribution in [0.25, 0.3) is 5.69 Å². The van der Waals surface area contributed by atoms with Gasteiger partial charge in [-0.2, -0.15) is 9.78 Å². The van der Waals surface area contributed by atoms with Crippen molar-refractivity contribution in [2.24, 2.45) is 0 Å². The molecule has 6 nitrogen and oxygen atoms in total. The van der Waals surface area contributed by atoms with E-state index in [0.29, 0.717) is 4.68 Å². The van der Waals surface area contributed by atoms with Crippen molar-refractivity contribution in [3.05, 3.63) is 52.4 Å². The second-order valence-corrected chi connectivity index (χ2v) is 3.81. The molecule has 9 heteroatoms. The lowest BCUT2D eigenvalue weighted by atomic mass is 10.2. The van der Waals surface area contributed by atoms with Gasteiger partial charge in [0.2, 0.25) is 0 Å². The van der Waals surface area contributed by atoms with Crippen molar-refractivity contribution in [3.8, 4) is 11.4 Å². The highest BCUT2D eigenvalue weighted by Gasteiger charge is 2.31. The summed E-state index contributed by atoms with van der Waals surface area (Å²) in [7, 11) is 0. The molecule has 0 fully saturated rings. The maximum Gasteiger partial charge on any atom is 0.573 e. The molecule has 0 radical (unpaired) electrons. The molecule has 1 aromatic carbocycles. The average Bonchev–Trinajstić information content (AvgIpc) is 2.36. The van der Waals surface area contributed by atoms with Gasteiger partial charge in [0.25, 0.3) is 5.56 Å². The monoisotopic (exact) mass is 300 g/mol. The Bertz CT molecular complexity index is 740. The number of hydrogen-bond acceptors (Lipinski definition) is 4. The fourth-order valence-electron chi connectivity index (χ4n) is 1.57. The molecule has 0 aliphatic heterocycles. The molecule has 110 valence electrons. The zero-order valence-electron chi connectivity index (χ0n) is 10.2. The first kappa shape index (κ1) is 14.6. The van der Waals surface area contributed by atoms with E-state index in [1.807, 2.05) is 0 Å². The Hall–Kier alpha value is -2.84. The number of aromatic carboxylic acids is 1. The Kier molecular flexibility index (Phi) is 3.66. The second kappa shape index (κ2) is 5.27. The van der Waals surface area contributed by atoms with Crippen LogP contribution in [0.2, 0.25) is 0 Å². The molecular weight excluding hydrogens is 293 g/mol. The van der Waals surface area contributed by atoms with Gasteiger partial charge in [0.05, 0.1) is 5.69 Å². The van der Waals surface area contributed by atoms with E-state index in [0.717, 1.165) is 24.4 Å². The van der Waals surface area contributed by atoms with Gasteiger partial charge in [0.15, 0.2) is 0 Å². The first-order valence-corrected chi connectivity index (χ1v) is 5.46. The molecule has 2 aromatic rings. The van der Waals surface area contributed by atoms with Crippen LogP contribution in [-0.2, 0) is 0 Å². The van der Waals surface area contributed by atoms with Crippen LogP contribution in [0.5, 0.6) is 5.75 Å². The van der Waals surface area contributed by atoms with Crippen LogP contribution in [0.4, 0.5) is 13.2 Å². The molecule has 1 heterocycles. The van der Waals surface area contributed by atoms with E-state index in [4.69, 9.17) is 5.11 Å². The number of benzene rings is 1. The van der Waals surface area contributed by atoms with Crippen LogP contribution in [-0.4, -0.2) is 27.2 Å². The largest absolute Gasteiger partial charge is 0.573 e. The van der Waals surface area contributed by atoms with Crippen molar-refractivity contribution in [2.45, 2.75) is 6.36 Å². The summed E-state index contributed by atoms with van der Waals surface area (Å²) in [5, 5.41) is 12.5. The molecule has 21 heavy (non-hydrogen) atoms. The van der Waals surface area contributed by atoms with E-state index in [2.05, 4.69) is 9.84 Å². The van der Waals surface area contributed by atoms with Crippen molar-refractivity contribution in [2.75, 3.05) is 0 Å². The van der Waals surface area contributed by atoms with Crippen LogP contribution >= 0.6 is 0 Å². The van der Waals surface area contributed by atoms with E-state index < -0.39 is 29.2 Å². The second-order valence-electron chi connectivity index (χ2n) is 3.81. The standard InChI is InChI=1S/C12H7F3N2O4/c13-12(14,15)21-8-3-1-2-7(6-8)17-10(18)9(11(19)20)4-5-16-17/h1-6H,(H,19,20). The minimum atomic E-state index is -4.88. The number of hydrogen-bond donors (Lipinski definition) is 1. The molecule has 0 saturated heterocycles. The highest BCUT2D eigenvalue weighted by atomic mass is 19.4. The molecule has 2 rings (SSSR count). The maximum absolute atomic E-state index is 12.1. The van der Waals surface area contributed by atoms with E-state index in [1.165, 1.54) is 12.1 Å². The van der Waals surface area contributed by atoms with Gasteiger partial charge in [-0.1, -0.05) is 6.07 Å². The number of carboxylic acid groups (broad SMARTS) is 1. The first-order chi connectivity index (χ1) is 9.78. The van der Waals surface area contributed by atoms with Gasteiger partial charge in [-0.25, -0.2) is 4.79 Å². The Labute approximate surface area is 115 Å². The number of nitrogens with zero attached hydrogens (tertiary/aromatic N) is 2. The molecule has 0 aliphatic carbocycles. The number of ether oxygens (including phenoxy) is 1. The molecular formula is C12H7F3N2O4. The van der Waals surface area contributed by atoms with Crippen molar-refractivity contribution in [1.29, 1.82) is 0 Å². The number of alkyl halides is 3. The molecule has 0 unspecified atom stereocenters. The number of carboxylic acids is 1. The van der Waals surface area contributed by atoms with Gasteiger partial charge in [-0.3, -0.25) is 4.79 Å². The van der Waals surface area contributed by atoms with Gasteiger partial charge >= 0.3 is 12.3 Å². The van der Waals surface area contributed by atoms with E-state index in [1.54, 1.807) is 0 Å². The summed E-state index contributed by atoms with van der Waals surface area (Å²) in [4.78, 5) is 22.7. The summed E-state index contributed by atoms with van der Waals surface area (Å²) < 4.78 is 40.8. The summed E-state index contributed by atoms with van der Waals surface area (Å²) in [6.07, 6.45) is -3.82. The first-order valence-electron chi connectivity index (χ1n) is 5.46. The summed E-state index contributed by atoms with van der Waals surface area (Å²) in [5.74, 6) is -2.01. The highest BCUT2D eigenvalue weighted by Crippen LogP contribution is 2.23. The predicted octanol–water partition coefficient (Wildman–Crippen LogP) is 1.83. The summed E-state index contributed by atoms with van der Waals surface area (Å²) in [6.45, 7) is 0. The van der Waals surface area contributed by atoms with Gasteiger partial charge in [-0.05, 0) is 18.2 Å². The number of halogens is 3. The molecule has 0 amide bonds. The summed E-state index contributed by atoms with van der Waals surface area (Å²) >= 11 is 0. The van der Waals surface area contributed by atoms with E-state index in [-0.39, 0.29) is 5.69 Å². The van der Waals surface area contributed by atoms with Gasteiger partial charge in [0.1, 0.15) is 11.3 Å². The highest BCUT2D eigenvalue weighted by molar-refractivity contribution is 5.86. The Morgan fingerprint density at radius 1 is 1.29 bits per heavy atom. The third kappa shape index (κ3) is 3.38. The Morgan fingerprint density at radius 3 is 2.62 bits per heavy atom. The van der Waals surface area contributed by atoms with Crippen LogP contribution < -0.4 is 10.3 Å². The predicted molar refractivity (Wildman–Crippen MR) is 63.5 cm³/mol. The maximum atomic E-state index is 12.1. The van der Waals surface area contributed by atoms with Gasteiger partial charge < -0.3 is 9.84 Å². The normalized spacial score (nSPS) is 11.2. The third-order valence-corrected chi connectivity index (χ3v) is 2.37. The lowest BCUT2D eigenvalue weighted by molar-refractivity contribution is -0.274. The lowest BCUT2D eigenvalue weighted by Gasteiger charge is -2.10. The van der Waals surface area contributed by atoms with E-state index in [9.17, 15) is 22.8 Å². The Morgan fingerprint density at radius 2 is 2.00 bits per heavy atom. The summed E-state index contributed by atoms with van der Waals surface area (Å²) in [6, 6.07) is 5.48. The van der Waals surface area contributed by atoms with Crippen LogP contribution in [0.3, 0.4) is 0 Å².